The maximum atomic E-state index is 8.58. The second kappa shape index (κ2) is 9.83. The summed E-state index contributed by atoms with van der Waals surface area (Å²) in [7, 11) is 0. The maximum Gasteiger partial charge on any atom is 0.204 e. The molecular weight excluding hydrogens is 412 g/mol. The van der Waals surface area contributed by atoms with Gasteiger partial charge in [0.2, 0.25) is 6.41 Å². The van der Waals surface area contributed by atoms with Gasteiger partial charge in [-0.05, 0) is 57.0 Å². The van der Waals surface area contributed by atoms with Crippen molar-refractivity contribution in [3.05, 3.63) is 54.2 Å². The van der Waals surface area contributed by atoms with Crippen LogP contribution in [0, 0.1) is 6.92 Å². The van der Waals surface area contributed by atoms with Gasteiger partial charge in [-0.15, -0.1) is 0 Å². The number of hydrogen-bond acceptors (Lipinski definition) is 5. The maximum absolute atomic E-state index is 8.58. The van der Waals surface area contributed by atoms with Crippen molar-refractivity contribution in [1.29, 1.82) is 0 Å². The van der Waals surface area contributed by atoms with Crippen molar-refractivity contribution in [3.63, 3.8) is 0 Å². The lowest BCUT2D eigenvalue weighted by atomic mass is 9.89. The Hall–Kier alpha value is -3.06. The summed E-state index contributed by atoms with van der Waals surface area (Å²) in [6.45, 7) is 14.3. The number of nitrogens with two attached hydrogens (primary N) is 1. The van der Waals surface area contributed by atoms with Crippen molar-refractivity contribution >= 4 is 28.9 Å². The van der Waals surface area contributed by atoms with Crippen LogP contribution in [-0.2, 0) is 11.3 Å². The number of aromatic nitrogens is 2. The zero-order valence-corrected chi connectivity index (χ0v) is 20.1. The van der Waals surface area contributed by atoms with Gasteiger partial charge in [0, 0.05) is 68.6 Å². The van der Waals surface area contributed by atoms with Crippen LogP contribution in [-0.4, -0.2) is 65.7 Å². The van der Waals surface area contributed by atoms with E-state index in [1.54, 1.807) is 0 Å². The van der Waals surface area contributed by atoms with Crippen LogP contribution in [0.15, 0.2) is 48.7 Å². The molecule has 7 nitrogen and oxygen atoms in total. The standard InChI is InChI=1S/C25H33N5.CH3NO/c1-20-6-4-5-7-22(20)27-14-16-28(17-15-27)23-9-8-21-10-12-29(24(21)26-23)18-19-30-13-11-25(30,2)3;2-1-3/h4-10,12H,11,13-19H2,1-3H3;1H,(H2,2,3). The number of nitrogens with zero attached hydrogens (tertiary/aromatic N) is 5. The Bertz CT molecular complexity index is 1080. The van der Waals surface area contributed by atoms with Crippen LogP contribution in [0.25, 0.3) is 11.0 Å². The third-order valence-corrected chi connectivity index (χ3v) is 7.12. The highest BCUT2D eigenvalue weighted by molar-refractivity contribution is 5.78. The van der Waals surface area contributed by atoms with Crippen LogP contribution >= 0.6 is 0 Å². The molecule has 0 spiro atoms. The predicted octanol–water partition coefficient (Wildman–Crippen LogP) is 3.26. The van der Waals surface area contributed by atoms with Gasteiger partial charge in [-0.2, -0.15) is 0 Å². The first kappa shape index (κ1) is 23.1. The number of carbonyl (C=O) groups is 1. The molecule has 4 heterocycles. The zero-order chi connectivity index (χ0) is 23.4. The molecule has 2 aromatic heterocycles. The van der Waals surface area contributed by atoms with E-state index in [0.717, 1.165) is 50.7 Å². The highest BCUT2D eigenvalue weighted by Gasteiger charge is 2.35. The first-order valence-electron chi connectivity index (χ1n) is 11.8. The molecule has 33 heavy (non-hydrogen) atoms. The first-order valence-corrected chi connectivity index (χ1v) is 11.8. The summed E-state index contributed by atoms with van der Waals surface area (Å²) in [6, 6.07) is 15.3. The Labute approximate surface area is 196 Å². The van der Waals surface area contributed by atoms with E-state index in [4.69, 9.17) is 9.78 Å². The smallest absolute Gasteiger partial charge is 0.204 e. The fourth-order valence-corrected chi connectivity index (χ4v) is 4.86. The normalized spacial score (nSPS) is 17.9. The molecule has 176 valence electrons. The molecule has 0 radical (unpaired) electrons. The largest absolute Gasteiger partial charge is 0.372 e. The summed E-state index contributed by atoms with van der Waals surface area (Å²) >= 11 is 0. The number of carbonyl (C=O) groups excluding carboxylic acids is 1. The second-order valence-corrected chi connectivity index (χ2v) is 9.54. The third kappa shape index (κ3) is 4.98. The van der Waals surface area contributed by atoms with E-state index >= 15 is 0 Å². The van der Waals surface area contributed by atoms with Gasteiger partial charge in [-0.3, -0.25) is 9.69 Å². The predicted molar refractivity (Wildman–Crippen MR) is 136 cm³/mol. The molecule has 5 rings (SSSR count). The van der Waals surface area contributed by atoms with Gasteiger partial charge in [-0.1, -0.05) is 18.2 Å². The molecule has 1 amide bonds. The summed E-state index contributed by atoms with van der Waals surface area (Å²) in [6.07, 6.45) is 3.75. The van der Waals surface area contributed by atoms with Crippen molar-refractivity contribution in [1.82, 2.24) is 14.5 Å². The number of fused-ring (bicyclic) bond motifs is 1. The van der Waals surface area contributed by atoms with E-state index in [1.807, 2.05) is 0 Å². The molecule has 0 aliphatic carbocycles. The van der Waals surface area contributed by atoms with Crippen LogP contribution in [0.1, 0.15) is 25.8 Å². The molecule has 0 saturated carbocycles. The van der Waals surface area contributed by atoms with Crippen molar-refractivity contribution in [2.24, 2.45) is 5.73 Å². The van der Waals surface area contributed by atoms with Gasteiger partial charge in [-0.25, -0.2) is 4.98 Å². The lowest BCUT2D eigenvalue weighted by molar-refractivity contribution is -0.106. The van der Waals surface area contributed by atoms with E-state index in [0.29, 0.717) is 5.54 Å². The quantitative estimate of drug-likeness (QED) is 0.607. The average Bonchev–Trinajstić information content (AvgIpc) is 3.22. The van der Waals surface area contributed by atoms with Gasteiger partial charge in [0.1, 0.15) is 11.5 Å². The van der Waals surface area contributed by atoms with Crippen molar-refractivity contribution in [2.75, 3.05) is 49.1 Å². The second-order valence-electron chi connectivity index (χ2n) is 9.54. The zero-order valence-electron chi connectivity index (χ0n) is 20.1. The number of piperazine rings is 1. The average molecular weight is 449 g/mol. The van der Waals surface area contributed by atoms with E-state index in [1.165, 1.54) is 29.6 Å². The number of primary amides is 1. The van der Waals surface area contributed by atoms with Crippen LogP contribution in [0.5, 0.6) is 0 Å². The first-order chi connectivity index (χ1) is 15.9. The Morgan fingerprint density at radius 3 is 2.30 bits per heavy atom. The van der Waals surface area contributed by atoms with Crippen molar-refractivity contribution in [2.45, 2.75) is 39.3 Å². The summed E-state index contributed by atoms with van der Waals surface area (Å²) in [5.74, 6) is 1.11. The van der Waals surface area contributed by atoms with Gasteiger partial charge >= 0.3 is 0 Å². The Morgan fingerprint density at radius 1 is 0.970 bits per heavy atom. The highest BCUT2D eigenvalue weighted by atomic mass is 16.1. The molecule has 2 aliphatic heterocycles. The van der Waals surface area contributed by atoms with Crippen LogP contribution in [0.4, 0.5) is 11.5 Å². The Balaban J connectivity index is 0.000000821. The van der Waals surface area contributed by atoms with E-state index in [9.17, 15) is 0 Å². The number of likely N-dealkylation sites (tertiary alicyclic amines) is 1. The minimum atomic E-state index is 0.250. The molecule has 3 aromatic rings. The summed E-state index contributed by atoms with van der Waals surface area (Å²) in [5.41, 5.74) is 8.36. The van der Waals surface area contributed by atoms with Gasteiger partial charge in [0.05, 0.1) is 0 Å². The number of rotatable bonds is 5. The number of para-hydroxylation sites is 1. The summed E-state index contributed by atoms with van der Waals surface area (Å²) < 4.78 is 2.33. The third-order valence-electron chi connectivity index (χ3n) is 7.12. The van der Waals surface area contributed by atoms with Crippen molar-refractivity contribution < 1.29 is 4.79 Å². The number of amides is 1. The van der Waals surface area contributed by atoms with E-state index in [-0.39, 0.29) is 6.41 Å². The SMILES string of the molecule is Cc1ccccc1N1CCN(c2ccc3ccn(CCN4CCC4(C)C)c3n2)CC1.NC=O. The number of aryl methyl sites for hydroxylation is 1. The number of pyridine rings is 1. The molecule has 2 N–H and O–H groups in total. The lowest BCUT2D eigenvalue weighted by Gasteiger charge is -2.48. The van der Waals surface area contributed by atoms with Gasteiger partial charge in [0.25, 0.3) is 0 Å². The number of benzene rings is 1. The number of anilines is 2. The minimum absolute atomic E-state index is 0.250. The molecule has 0 unspecified atom stereocenters. The fraction of sp³-hybridized carbons (Fsp3) is 0.462. The molecule has 2 saturated heterocycles. The van der Waals surface area contributed by atoms with Gasteiger partial charge in [0.15, 0.2) is 0 Å². The van der Waals surface area contributed by atoms with Crippen molar-refractivity contribution in [3.8, 4) is 0 Å². The minimum Gasteiger partial charge on any atom is -0.372 e. The summed E-state index contributed by atoms with van der Waals surface area (Å²) in [4.78, 5) is 21.2. The highest BCUT2D eigenvalue weighted by Crippen LogP contribution is 2.29. The van der Waals surface area contributed by atoms with E-state index in [2.05, 4.69) is 94.4 Å². The fourth-order valence-electron chi connectivity index (χ4n) is 4.86. The van der Waals surface area contributed by atoms with Gasteiger partial charge < -0.3 is 20.1 Å². The molecule has 0 atom stereocenters. The molecule has 2 fully saturated rings. The molecule has 1 aromatic carbocycles. The molecule has 2 aliphatic rings. The van der Waals surface area contributed by atoms with Crippen LogP contribution in [0.2, 0.25) is 0 Å². The lowest BCUT2D eigenvalue weighted by Crippen LogP contribution is -2.56. The van der Waals surface area contributed by atoms with Crippen LogP contribution in [0.3, 0.4) is 0 Å². The van der Waals surface area contributed by atoms with E-state index < -0.39 is 0 Å². The molecule has 0 bridgehead atoms. The molecular formula is C26H36N6O. The van der Waals surface area contributed by atoms with Crippen LogP contribution < -0.4 is 15.5 Å². The Kier molecular flexibility index (Phi) is 6.88. The monoisotopic (exact) mass is 448 g/mol. The Morgan fingerprint density at radius 2 is 1.67 bits per heavy atom. The number of hydrogen-bond donors (Lipinski definition) is 1. The summed E-state index contributed by atoms with van der Waals surface area (Å²) in [5, 5.41) is 1.24. The topological polar surface area (TPSA) is 70.6 Å². The molecule has 7 heteroatoms.